The molecular weight excluding hydrogens is 420 g/mol. The van der Waals surface area contributed by atoms with Crippen molar-refractivity contribution in [2.45, 2.75) is 16.7 Å². The lowest BCUT2D eigenvalue weighted by atomic mass is 10.1. The van der Waals surface area contributed by atoms with Crippen LogP contribution in [0.2, 0.25) is 0 Å². The number of hydrogen-bond acceptors (Lipinski definition) is 5. The number of sulfonamides is 1. The third-order valence-electron chi connectivity index (χ3n) is 4.01. The van der Waals surface area contributed by atoms with E-state index < -0.39 is 44.5 Å². The van der Waals surface area contributed by atoms with E-state index in [1.54, 1.807) is 0 Å². The molecule has 0 aliphatic carbocycles. The number of nitrogens with zero attached hydrogens (tertiary/aromatic N) is 1. The van der Waals surface area contributed by atoms with Gasteiger partial charge in [0.25, 0.3) is 11.6 Å². The Morgan fingerprint density at radius 3 is 2.07 bits per heavy atom. The van der Waals surface area contributed by atoms with Gasteiger partial charge in [-0.05, 0) is 48.5 Å². The second kappa shape index (κ2) is 6.70. The zero-order valence-electron chi connectivity index (χ0n) is 14.2. The van der Waals surface area contributed by atoms with E-state index in [0.717, 1.165) is 48.5 Å². The normalized spacial score (nSPS) is 20.1. The van der Waals surface area contributed by atoms with Gasteiger partial charge in [0.05, 0.1) is 10.6 Å². The SMILES string of the molecule is Nc1ccc(S(=O)(=O)N[C@@]2(C(F)(F)F)NC(=O)N(c3ccc(F)cc3)C2=O)cc1. The van der Waals surface area contributed by atoms with E-state index >= 15 is 0 Å². The number of rotatable bonds is 4. The molecule has 3 rings (SSSR count). The molecule has 8 nitrogen and oxygen atoms in total. The average Bonchev–Trinajstić information content (AvgIpc) is 2.87. The first-order valence-electron chi connectivity index (χ1n) is 7.76. The van der Waals surface area contributed by atoms with Gasteiger partial charge in [-0.3, -0.25) is 4.79 Å². The Labute approximate surface area is 161 Å². The molecule has 13 heteroatoms. The van der Waals surface area contributed by atoms with Gasteiger partial charge in [-0.1, -0.05) is 0 Å². The Kier molecular flexibility index (Phi) is 4.75. The Morgan fingerprint density at radius 2 is 1.55 bits per heavy atom. The van der Waals surface area contributed by atoms with Crippen LogP contribution < -0.4 is 20.7 Å². The molecule has 2 aromatic carbocycles. The zero-order valence-corrected chi connectivity index (χ0v) is 15.0. The number of nitrogen functional groups attached to an aromatic ring is 1. The molecule has 3 amide bonds. The van der Waals surface area contributed by atoms with Crippen molar-refractivity contribution in [2.24, 2.45) is 0 Å². The van der Waals surface area contributed by atoms with Crippen LogP contribution in [0, 0.1) is 5.82 Å². The summed E-state index contributed by atoms with van der Waals surface area (Å²) in [7, 11) is -4.92. The molecule has 1 fully saturated rings. The van der Waals surface area contributed by atoms with Crippen molar-refractivity contribution in [1.82, 2.24) is 10.0 Å². The molecule has 1 heterocycles. The number of nitrogens with two attached hydrogens (primary N) is 1. The quantitative estimate of drug-likeness (QED) is 0.386. The maximum atomic E-state index is 13.8. The Balaban J connectivity index is 2.06. The van der Waals surface area contributed by atoms with Crippen LogP contribution in [0.1, 0.15) is 0 Å². The number of nitrogens with one attached hydrogen (secondary N) is 2. The lowest BCUT2D eigenvalue weighted by Crippen LogP contribution is -2.69. The summed E-state index contributed by atoms with van der Waals surface area (Å²) < 4.78 is 80.7. The van der Waals surface area contributed by atoms with Gasteiger partial charge in [0.1, 0.15) is 5.82 Å². The van der Waals surface area contributed by atoms with E-state index in [0.29, 0.717) is 0 Å². The summed E-state index contributed by atoms with van der Waals surface area (Å²) in [6.45, 7) is 0. The highest BCUT2D eigenvalue weighted by molar-refractivity contribution is 7.89. The van der Waals surface area contributed by atoms with Gasteiger partial charge in [-0.15, -0.1) is 0 Å². The number of hydrogen-bond donors (Lipinski definition) is 3. The maximum Gasteiger partial charge on any atom is 0.435 e. The van der Waals surface area contributed by atoms with Gasteiger partial charge in [0, 0.05) is 5.69 Å². The van der Waals surface area contributed by atoms with Crippen LogP contribution in [0.5, 0.6) is 0 Å². The summed E-state index contributed by atoms with van der Waals surface area (Å²) in [4.78, 5) is 24.2. The summed E-state index contributed by atoms with van der Waals surface area (Å²) in [5.74, 6) is -2.70. The van der Waals surface area contributed by atoms with E-state index in [4.69, 9.17) is 5.73 Å². The van der Waals surface area contributed by atoms with Gasteiger partial charge >= 0.3 is 12.2 Å². The third kappa shape index (κ3) is 3.49. The number of urea groups is 1. The molecule has 0 bridgehead atoms. The predicted molar refractivity (Wildman–Crippen MR) is 92.4 cm³/mol. The molecule has 2 aromatic rings. The first kappa shape index (κ1) is 20.5. The largest absolute Gasteiger partial charge is 0.435 e. The standard InChI is InChI=1S/C16H12F4N4O4S/c17-9-1-5-11(6-2-9)24-13(25)15(16(18,19)20,22-14(24)26)23-29(27,28)12-7-3-10(21)4-8-12/h1-8,23H,21H2,(H,22,26)/t15-/m0/s1. The van der Waals surface area contributed by atoms with Crippen molar-refractivity contribution in [3.63, 3.8) is 0 Å². The van der Waals surface area contributed by atoms with Gasteiger partial charge in [0.2, 0.25) is 10.0 Å². The second-order valence-corrected chi connectivity index (χ2v) is 7.65. The Morgan fingerprint density at radius 1 is 1.00 bits per heavy atom. The maximum absolute atomic E-state index is 13.8. The first-order chi connectivity index (χ1) is 13.4. The second-order valence-electron chi connectivity index (χ2n) is 5.97. The minimum absolute atomic E-state index is 0.0679. The number of carbonyl (C=O) groups excluding carboxylic acids is 2. The van der Waals surface area contributed by atoms with Crippen molar-refractivity contribution in [2.75, 3.05) is 10.6 Å². The van der Waals surface area contributed by atoms with Crippen molar-refractivity contribution in [1.29, 1.82) is 0 Å². The fourth-order valence-electron chi connectivity index (χ4n) is 2.58. The molecule has 4 N–H and O–H groups in total. The molecule has 0 unspecified atom stereocenters. The monoisotopic (exact) mass is 432 g/mol. The van der Waals surface area contributed by atoms with E-state index in [9.17, 15) is 35.6 Å². The highest BCUT2D eigenvalue weighted by atomic mass is 32.2. The lowest BCUT2D eigenvalue weighted by molar-refractivity contribution is -0.194. The van der Waals surface area contributed by atoms with E-state index in [1.165, 1.54) is 10.0 Å². The van der Waals surface area contributed by atoms with Crippen LogP contribution in [0.25, 0.3) is 0 Å². The zero-order chi connectivity index (χ0) is 21.6. The molecule has 0 saturated carbocycles. The van der Waals surface area contributed by atoms with Crippen molar-refractivity contribution >= 4 is 33.3 Å². The van der Waals surface area contributed by atoms with Gasteiger partial charge < -0.3 is 11.1 Å². The molecule has 1 aliphatic heterocycles. The minimum Gasteiger partial charge on any atom is -0.399 e. The number of halogens is 4. The number of amides is 3. The number of carbonyl (C=O) groups is 2. The fraction of sp³-hybridized carbons (Fsp3) is 0.125. The Hall–Kier alpha value is -3.19. The highest BCUT2D eigenvalue weighted by Gasteiger charge is 2.69. The molecule has 0 spiro atoms. The molecule has 1 saturated heterocycles. The van der Waals surface area contributed by atoms with Gasteiger partial charge in [-0.2, -0.15) is 17.9 Å². The summed E-state index contributed by atoms with van der Waals surface area (Å²) in [5.41, 5.74) is 1.24. The van der Waals surface area contributed by atoms with Crippen molar-refractivity contribution in [3.05, 3.63) is 54.3 Å². The lowest BCUT2D eigenvalue weighted by Gasteiger charge is -2.29. The summed E-state index contributed by atoms with van der Waals surface area (Å²) >= 11 is 0. The molecular formula is C16H12F4N4O4S. The smallest absolute Gasteiger partial charge is 0.399 e. The average molecular weight is 432 g/mol. The van der Waals surface area contributed by atoms with Crippen LogP contribution in [-0.2, 0) is 14.8 Å². The Bertz CT molecular complexity index is 1070. The van der Waals surface area contributed by atoms with Crippen LogP contribution in [0.4, 0.5) is 33.7 Å². The third-order valence-corrected chi connectivity index (χ3v) is 5.48. The van der Waals surface area contributed by atoms with Gasteiger partial charge in [0.15, 0.2) is 0 Å². The van der Waals surface area contributed by atoms with Crippen LogP contribution >= 0.6 is 0 Å². The first-order valence-corrected chi connectivity index (χ1v) is 9.24. The van der Waals surface area contributed by atoms with Crippen molar-refractivity contribution in [3.8, 4) is 0 Å². The molecule has 1 atom stereocenters. The van der Waals surface area contributed by atoms with Crippen LogP contribution in [0.15, 0.2) is 53.4 Å². The minimum atomic E-state index is -5.55. The van der Waals surface area contributed by atoms with Gasteiger partial charge in [-0.25, -0.2) is 22.5 Å². The fourth-order valence-corrected chi connectivity index (χ4v) is 3.85. The molecule has 0 aromatic heterocycles. The van der Waals surface area contributed by atoms with E-state index in [2.05, 4.69) is 0 Å². The molecule has 154 valence electrons. The number of alkyl halides is 3. The van der Waals surface area contributed by atoms with E-state index in [-0.39, 0.29) is 16.3 Å². The number of anilines is 2. The van der Waals surface area contributed by atoms with Crippen LogP contribution in [-0.4, -0.2) is 32.2 Å². The molecule has 29 heavy (non-hydrogen) atoms. The van der Waals surface area contributed by atoms with Crippen LogP contribution in [0.3, 0.4) is 0 Å². The molecule has 1 aliphatic rings. The number of imide groups is 1. The summed E-state index contributed by atoms with van der Waals surface area (Å²) in [6, 6.07) is 6.02. The summed E-state index contributed by atoms with van der Waals surface area (Å²) in [6.07, 6.45) is -5.55. The van der Waals surface area contributed by atoms with Crippen molar-refractivity contribution < 1.29 is 35.6 Å². The predicted octanol–water partition coefficient (Wildman–Crippen LogP) is 1.70. The van der Waals surface area contributed by atoms with E-state index in [1.807, 2.05) is 0 Å². The molecule has 0 radical (unpaired) electrons. The highest BCUT2D eigenvalue weighted by Crippen LogP contribution is 2.37. The topological polar surface area (TPSA) is 122 Å². The summed E-state index contributed by atoms with van der Waals surface area (Å²) in [5, 5.41) is 1.36. The number of benzene rings is 2.